The fraction of sp³-hybridized carbons (Fsp3) is 0.200. The minimum absolute atomic E-state index is 0.00457. The van der Waals surface area contributed by atoms with E-state index in [0.717, 1.165) is 11.1 Å². The molecule has 0 atom stereocenters. The quantitative estimate of drug-likeness (QED) is 0.216. The number of nitrogens with two attached hydrogens (primary N) is 2. The normalized spacial score (nSPS) is 11.6. The number of anilines is 3. The summed E-state index contributed by atoms with van der Waals surface area (Å²) in [5, 5.41) is 6.32. The van der Waals surface area contributed by atoms with Crippen molar-refractivity contribution in [3.05, 3.63) is 106 Å². The number of hydrogen-bond acceptors (Lipinski definition) is 5. The van der Waals surface area contributed by atoms with E-state index in [9.17, 15) is 9.59 Å². The van der Waals surface area contributed by atoms with Gasteiger partial charge in [-0.3, -0.25) is 9.59 Å². The number of carbonyl (C=O) groups excluding carboxylic acids is 2. The number of rotatable bonds is 7. The monoisotopic (exact) mass is 531 g/mol. The summed E-state index contributed by atoms with van der Waals surface area (Å²) in [7, 11) is 1.58. The van der Waals surface area contributed by atoms with Crippen LogP contribution in [0.4, 0.5) is 17.1 Å². The second-order valence-corrected chi connectivity index (χ2v) is 10.5. The average molecular weight is 532 g/mol. The van der Waals surface area contributed by atoms with E-state index in [4.69, 9.17) is 23.1 Å². The predicted molar refractivity (Wildman–Crippen MR) is 158 cm³/mol. The number of likely N-dealkylation sites (N-methyl/N-ethyl adjacent to an activating group) is 1. The Labute approximate surface area is 229 Å². The van der Waals surface area contributed by atoms with Crippen LogP contribution in [0.2, 0.25) is 5.02 Å². The first-order chi connectivity index (χ1) is 17.8. The third-order valence-corrected chi connectivity index (χ3v) is 6.45. The molecular formula is C30H34ClN5O2. The highest BCUT2D eigenvalue weighted by Gasteiger charge is 2.17. The molecule has 198 valence electrons. The fourth-order valence-corrected chi connectivity index (χ4v) is 3.92. The smallest absolute Gasteiger partial charge is 0.273 e. The molecule has 0 spiro atoms. The maximum Gasteiger partial charge on any atom is 0.273 e. The van der Waals surface area contributed by atoms with Gasteiger partial charge >= 0.3 is 0 Å². The highest BCUT2D eigenvalue weighted by atomic mass is 35.5. The van der Waals surface area contributed by atoms with Crippen molar-refractivity contribution >= 4 is 46.2 Å². The second kappa shape index (κ2) is 11.4. The fourth-order valence-electron chi connectivity index (χ4n) is 3.80. The van der Waals surface area contributed by atoms with Crippen LogP contribution < -0.4 is 22.1 Å². The first kappa shape index (κ1) is 28.3. The van der Waals surface area contributed by atoms with Crippen LogP contribution >= 0.6 is 11.6 Å². The first-order valence-electron chi connectivity index (χ1n) is 12.0. The van der Waals surface area contributed by atoms with Crippen molar-refractivity contribution in [2.45, 2.75) is 33.1 Å². The molecule has 8 heteroatoms. The molecule has 0 bridgehead atoms. The molecule has 3 aromatic rings. The maximum absolute atomic E-state index is 12.9. The Hall–Kier alpha value is -4.23. The summed E-state index contributed by atoms with van der Waals surface area (Å²) < 4.78 is 0. The Balaban J connectivity index is 1.73. The molecule has 7 nitrogen and oxygen atoms in total. The number of nitrogen functional groups attached to an aromatic ring is 1. The van der Waals surface area contributed by atoms with Crippen molar-refractivity contribution in [3.8, 4) is 0 Å². The van der Waals surface area contributed by atoms with Gasteiger partial charge in [-0.15, -0.1) is 0 Å². The molecule has 0 saturated heterocycles. The third-order valence-electron chi connectivity index (χ3n) is 6.11. The van der Waals surface area contributed by atoms with Gasteiger partial charge in [0.15, 0.2) is 0 Å². The van der Waals surface area contributed by atoms with E-state index in [0.29, 0.717) is 38.9 Å². The van der Waals surface area contributed by atoms with Crippen LogP contribution in [-0.2, 0) is 10.2 Å². The van der Waals surface area contributed by atoms with Crippen LogP contribution in [0, 0.1) is 6.92 Å². The summed E-state index contributed by atoms with van der Waals surface area (Å²) >= 11 is 5.95. The molecule has 3 rings (SSSR count). The Kier molecular flexibility index (Phi) is 8.53. The zero-order valence-corrected chi connectivity index (χ0v) is 23.1. The van der Waals surface area contributed by atoms with Crippen LogP contribution in [0.3, 0.4) is 0 Å². The van der Waals surface area contributed by atoms with E-state index in [1.165, 1.54) is 11.1 Å². The molecule has 0 aromatic heterocycles. The van der Waals surface area contributed by atoms with Crippen molar-refractivity contribution in [3.63, 3.8) is 0 Å². The van der Waals surface area contributed by atoms with Crippen LogP contribution in [0.15, 0.2) is 79.1 Å². The molecule has 3 aromatic carbocycles. The second-order valence-electron chi connectivity index (χ2n) is 10.1. The van der Waals surface area contributed by atoms with Gasteiger partial charge in [-0.1, -0.05) is 63.2 Å². The predicted octanol–water partition coefficient (Wildman–Crippen LogP) is 6.12. The van der Waals surface area contributed by atoms with Gasteiger partial charge < -0.3 is 27.0 Å². The van der Waals surface area contributed by atoms with E-state index in [-0.39, 0.29) is 22.9 Å². The average Bonchev–Trinajstić information content (AvgIpc) is 2.86. The van der Waals surface area contributed by atoms with Gasteiger partial charge in [0.2, 0.25) is 0 Å². The Morgan fingerprint density at radius 1 is 1.03 bits per heavy atom. The lowest BCUT2D eigenvalue weighted by Crippen LogP contribution is -2.26. The molecule has 2 amide bonds. The van der Waals surface area contributed by atoms with Crippen molar-refractivity contribution < 1.29 is 9.59 Å². The lowest BCUT2D eigenvalue weighted by molar-refractivity contribution is -0.123. The van der Waals surface area contributed by atoms with Crippen molar-refractivity contribution in [2.24, 2.45) is 5.73 Å². The van der Waals surface area contributed by atoms with Crippen molar-refractivity contribution in [1.29, 1.82) is 0 Å². The zero-order valence-electron chi connectivity index (χ0n) is 22.4. The van der Waals surface area contributed by atoms with Gasteiger partial charge in [0.1, 0.15) is 0 Å². The summed E-state index contributed by atoms with van der Waals surface area (Å²) in [4.78, 5) is 27.1. The van der Waals surface area contributed by atoms with E-state index in [2.05, 4.69) is 38.0 Å². The van der Waals surface area contributed by atoms with E-state index >= 15 is 0 Å². The van der Waals surface area contributed by atoms with Gasteiger partial charge in [0.05, 0.1) is 22.1 Å². The Bertz CT molecular complexity index is 1410. The molecule has 0 heterocycles. The topological polar surface area (TPSA) is 113 Å². The number of benzene rings is 3. The molecular weight excluding hydrogens is 498 g/mol. The minimum atomic E-state index is -0.387. The molecule has 0 aliphatic carbocycles. The molecule has 0 aliphatic rings. The SMILES string of the molecule is C=C(Nc1ccc(Cl)c(N)c1)C(=O)N(C)/C=C(\N)c1cccc(NC(=O)c2ccc(C(C)(C)C)cc2)c1C. The van der Waals surface area contributed by atoms with Crippen molar-refractivity contribution in [1.82, 2.24) is 4.90 Å². The van der Waals surface area contributed by atoms with Gasteiger partial charge in [0, 0.05) is 35.7 Å². The maximum atomic E-state index is 12.9. The molecule has 38 heavy (non-hydrogen) atoms. The highest BCUT2D eigenvalue weighted by Crippen LogP contribution is 2.26. The van der Waals surface area contributed by atoms with Crippen LogP contribution in [0.25, 0.3) is 5.70 Å². The summed E-state index contributed by atoms with van der Waals surface area (Å²) in [6.07, 6.45) is 1.52. The van der Waals surface area contributed by atoms with E-state index in [1.807, 2.05) is 43.3 Å². The van der Waals surface area contributed by atoms with Gasteiger partial charge in [0.25, 0.3) is 11.8 Å². The zero-order chi connectivity index (χ0) is 28.2. The molecule has 0 radical (unpaired) electrons. The Morgan fingerprint density at radius 2 is 1.68 bits per heavy atom. The lowest BCUT2D eigenvalue weighted by atomic mass is 9.86. The summed E-state index contributed by atoms with van der Waals surface area (Å²) in [6.45, 7) is 12.1. The van der Waals surface area contributed by atoms with Gasteiger partial charge in [-0.2, -0.15) is 0 Å². The van der Waals surface area contributed by atoms with Crippen molar-refractivity contribution in [2.75, 3.05) is 23.4 Å². The summed E-state index contributed by atoms with van der Waals surface area (Å²) in [6, 6.07) is 18.0. The van der Waals surface area contributed by atoms with Crippen LogP contribution in [0.5, 0.6) is 0 Å². The van der Waals surface area contributed by atoms with Gasteiger partial charge in [-0.25, -0.2) is 0 Å². The number of halogens is 1. The number of carbonyl (C=O) groups is 2. The highest BCUT2D eigenvalue weighted by molar-refractivity contribution is 6.33. The third kappa shape index (κ3) is 6.75. The lowest BCUT2D eigenvalue weighted by Gasteiger charge is -2.19. The number of hydrogen-bond donors (Lipinski definition) is 4. The standard InChI is InChI=1S/C30H34ClN5O2/c1-18-23(8-7-9-27(18)35-28(37)20-10-12-21(13-11-20)30(3,4)5)26(33)17-36(6)29(38)19(2)34-22-14-15-24(31)25(32)16-22/h7-17,34H,2,32-33H2,1,3-6H3,(H,35,37)/b26-17-. The molecule has 0 fully saturated rings. The Morgan fingerprint density at radius 3 is 2.29 bits per heavy atom. The van der Waals surface area contributed by atoms with E-state index < -0.39 is 0 Å². The first-order valence-corrected chi connectivity index (χ1v) is 12.4. The van der Waals surface area contributed by atoms with Crippen LogP contribution in [-0.4, -0.2) is 23.8 Å². The van der Waals surface area contributed by atoms with Crippen LogP contribution in [0.1, 0.15) is 47.8 Å². The van der Waals surface area contributed by atoms with E-state index in [1.54, 1.807) is 31.3 Å². The number of nitrogens with zero attached hydrogens (tertiary/aromatic N) is 1. The molecule has 0 unspecified atom stereocenters. The number of nitrogens with one attached hydrogen (secondary N) is 2. The molecule has 6 N–H and O–H groups in total. The van der Waals surface area contributed by atoms with Gasteiger partial charge in [-0.05, 0) is 59.9 Å². The minimum Gasteiger partial charge on any atom is -0.397 e. The largest absolute Gasteiger partial charge is 0.397 e. The number of amides is 2. The summed E-state index contributed by atoms with van der Waals surface area (Å²) in [5.74, 6) is -0.604. The molecule has 0 saturated carbocycles. The molecule has 0 aliphatic heterocycles. The summed E-state index contributed by atoms with van der Waals surface area (Å²) in [5.41, 5.74) is 17.5.